The van der Waals surface area contributed by atoms with E-state index in [2.05, 4.69) is 4.98 Å². The van der Waals surface area contributed by atoms with E-state index < -0.39 is 4.92 Å². The molecule has 22 heavy (non-hydrogen) atoms. The van der Waals surface area contributed by atoms with Gasteiger partial charge in [0.2, 0.25) is 0 Å². The topological polar surface area (TPSA) is 85.6 Å². The number of pyridine rings is 1. The lowest BCUT2D eigenvalue weighted by atomic mass is 10.2. The quantitative estimate of drug-likeness (QED) is 0.640. The number of rotatable bonds is 3. The van der Waals surface area contributed by atoms with Crippen LogP contribution in [0.1, 0.15) is 5.56 Å². The molecule has 1 aromatic heterocycles. The summed E-state index contributed by atoms with van der Waals surface area (Å²) in [6, 6.07) is 8.25. The molecule has 0 aliphatic carbocycles. The third-order valence-electron chi connectivity index (χ3n) is 3.17. The highest BCUT2D eigenvalue weighted by Gasteiger charge is 2.32. The highest BCUT2D eigenvalue weighted by atomic mass is 19.1. The van der Waals surface area contributed by atoms with Gasteiger partial charge in [0.15, 0.2) is 12.4 Å². The van der Waals surface area contributed by atoms with Gasteiger partial charge in [-0.05, 0) is 33.7 Å². The third-order valence-corrected chi connectivity index (χ3v) is 3.17. The molecule has 0 saturated heterocycles. The van der Waals surface area contributed by atoms with Gasteiger partial charge in [0.05, 0.1) is 6.54 Å². The number of nitro groups is 1. The fourth-order valence-electron chi connectivity index (χ4n) is 2.10. The molecular formula is C14H10FN3O4. The molecule has 2 heterocycles. The number of aromatic nitrogens is 1. The molecule has 2 aromatic rings. The van der Waals surface area contributed by atoms with Crippen LogP contribution in [0.5, 0.6) is 5.75 Å². The monoisotopic (exact) mass is 303 g/mol. The maximum Gasteiger partial charge on any atom is 0.366 e. The zero-order valence-corrected chi connectivity index (χ0v) is 11.2. The van der Waals surface area contributed by atoms with E-state index in [1.165, 1.54) is 41.3 Å². The molecule has 0 N–H and O–H groups in total. The number of halogens is 1. The van der Waals surface area contributed by atoms with Crippen molar-refractivity contribution in [1.82, 2.24) is 4.98 Å². The summed E-state index contributed by atoms with van der Waals surface area (Å²) in [5.41, 5.74) is 0.677. The Bertz CT molecular complexity index is 748. The molecule has 0 atom stereocenters. The van der Waals surface area contributed by atoms with E-state index in [1.54, 1.807) is 0 Å². The Kier molecular flexibility index (Phi) is 3.42. The summed E-state index contributed by atoms with van der Waals surface area (Å²) in [7, 11) is 0. The summed E-state index contributed by atoms with van der Waals surface area (Å²) in [5.74, 6) is -0.737. The minimum Gasteiger partial charge on any atom is -0.477 e. The zero-order valence-electron chi connectivity index (χ0n) is 11.2. The van der Waals surface area contributed by atoms with Crippen LogP contribution in [0.25, 0.3) is 0 Å². The molecule has 1 aliphatic rings. The number of benzene rings is 1. The van der Waals surface area contributed by atoms with Gasteiger partial charge >= 0.3 is 5.82 Å². The van der Waals surface area contributed by atoms with E-state index >= 15 is 0 Å². The zero-order chi connectivity index (χ0) is 15.7. The summed E-state index contributed by atoms with van der Waals surface area (Å²) in [4.78, 5) is 27.4. The van der Waals surface area contributed by atoms with E-state index in [0.29, 0.717) is 11.3 Å². The standard InChI is InChI=1S/C14H10FN3O4/c15-10-3-1-9(2-4-10)7-17-13(19)8-22-11-5-6-12(18(20)21)16-14(11)17/h1-6H,7-8H2. The lowest BCUT2D eigenvalue weighted by Crippen LogP contribution is -2.39. The minimum atomic E-state index is -0.643. The van der Waals surface area contributed by atoms with Crippen LogP contribution in [-0.2, 0) is 11.3 Å². The first-order chi connectivity index (χ1) is 10.5. The number of hydrogen-bond donors (Lipinski definition) is 0. The van der Waals surface area contributed by atoms with Crippen molar-refractivity contribution in [2.45, 2.75) is 6.54 Å². The molecule has 8 heteroatoms. The number of anilines is 1. The summed E-state index contributed by atoms with van der Waals surface area (Å²) in [6.45, 7) is -0.0443. The van der Waals surface area contributed by atoms with Gasteiger partial charge in [-0.3, -0.25) is 9.69 Å². The van der Waals surface area contributed by atoms with Gasteiger partial charge in [-0.1, -0.05) is 12.1 Å². The van der Waals surface area contributed by atoms with Crippen molar-refractivity contribution in [3.8, 4) is 5.75 Å². The SMILES string of the molecule is O=C1COc2ccc([N+](=O)[O-])nc2N1Cc1ccc(F)cc1. The van der Waals surface area contributed by atoms with Crippen LogP contribution in [0.2, 0.25) is 0 Å². The average molecular weight is 303 g/mol. The second-order valence-corrected chi connectivity index (χ2v) is 4.64. The molecule has 0 unspecified atom stereocenters. The normalized spacial score (nSPS) is 13.5. The number of hydrogen-bond acceptors (Lipinski definition) is 5. The Hall–Kier alpha value is -3.03. The molecule has 7 nitrogen and oxygen atoms in total. The van der Waals surface area contributed by atoms with E-state index in [1.807, 2.05) is 0 Å². The summed E-state index contributed by atoms with van der Waals surface area (Å²) in [5, 5.41) is 10.8. The summed E-state index contributed by atoms with van der Waals surface area (Å²) >= 11 is 0. The number of ether oxygens (including phenoxy) is 1. The minimum absolute atomic E-state index is 0.0924. The van der Waals surface area contributed by atoms with Gasteiger partial charge in [0, 0.05) is 6.07 Å². The largest absolute Gasteiger partial charge is 0.477 e. The Morgan fingerprint density at radius 1 is 1.27 bits per heavy atom. The van der Waals surface area contributed by atoms with Crippen molar-refractivity contribution in [2.24, 2.45) is 0 Å². The van der Waals surface area contributed by atoms with E-state index in [9.17, 15) is 19.3 Å². The van der Waals surface area contributed by atoms with Crippen LogP contribution < -0.4 is 9.64 Å². The third kappa shape index (κ3) is 2.58. The van der Waals surface area contributed by atoms with Crippen LogP contribution in [0.15, 0.2) is 36.4 Å². The fourth-order valence-corrected chi connectivity index (χ4v) is 2.10. The van der Waals surface area contributed by atoms with Gasteiger partial charge < -0.3 is 14.9 Å². The van der Waals surface area contributed by atoms with E-state index in [4.69, 9.17) is 4.74 Å². The summed E-state index contributed by atoms with van der Waals surface area (Å²) < 4.78 is 18.2. The molecular weight excluding hydrogens is 293 g/mol. The average Bonchev–Trinajstić information content (AvgIpc) is 2.51. The predicted octanol–water partition coefficient (Wildman–Crippen LogP) is 2.05. The molecule has 112 valence electrons. The van der Waals surface area contributed by atoms with Crippen LogP contribution in [0.4, 0.5) is 16.0 Å². The molecule has 0 bridgehead atoms. The number of amides is 1. The Labute approximate surface area is 124 Å². The maximum absolute atomic E-state index is 12.9. The maximum atomic E-state index is 12.9. The molecule has 0 spiro atoms. The highest BCUT2D eigenvalue weighted by molar-refractivity contribution is 5.96. The first-order valence-electron chi connectivity index (χ1n) is 6.37. The Balaban J connectivity index is 1.97. The highest BCUT2D eigenvalue weighted by Crippen LogP contribution is 2.32. The second-order valence-electron chi connectivity index (χ2n) is 4.64. The van der Waals surface area contributed by atoms with E-state index in [-0.39, 0.29) is 36.5 Å². The van der Waals surface area contributed by atoms with Crippen molar-refractivity contribution in [3.63, 3.8) is 0 Å². The van der Waals surface area contributed by atoms with Crippen molar-refractivity contribution in [1.29, 1.82) is 0 Å². The lowest BCUT2D eigenvalue weighted by Gasteiger charge is -2.25. The number of fused-ring (bicyclic) bond motifs is 1. The molecule has 1 amide bonds. The number of carbonyl (C=O) groups excluding carboxylic acids is 1. The van der Waals surface area contributed by atoms with Crippen LogP contribution in [0.3, 0.4) is 0 Å². The van der Waals surface area contributed by atoms with E-state index in [0.717, 1.165) is 0 Å². The second kappa shape index (κ2) is 5.40. The lowest BCUT2D eigenvalue weighted by molar-refractivity contribution is -0.389. The number of nitrogens with zero attached hydrogens (tertiary/aromatic N) is 3. The van der Waals surface area contributed by atoms with Gasteiger partial charge in [0.25, 0.3) is 11.7 Å². The van der Waals surface area contributed by atoms with Crippen molar-refractivity contribution in [3.05, 3.63) is 57.9 Å². The van der Waals surface area contributed by atoms with Gasteiger partial charge in [-0.15, -0.1) is 0 Å². The van der Waals surface area contributed by atoms with Crippen LogP contribution in [-0.4, -0.2) is 22.4 Å². The smallest absolute Gasteiger partial charge is 0.366 e. The predicted molar refractivity (Wildman–Crippen MR) is 74.0 cm³/mol. The number of carbonyl (C=O) groups is 1. The first-order valence-corrected chi connectivity index (χ1v) is 6.37. The van der Waals surface area contributed by atoms with Gasteiger partial charge in [-0.2, -0.15) is 0 Å². The van der Waals surface area contributed by atoms with Gasteiger partial charge in [0.1, 0.15) is 5.82 Å². The van der Waals surface area contributed by atoms with Crippen LogP contribution >= 0.6 is 0 Å². The van der Waals surface area contributed by atoms with Gasteiger partial charge in [-0.25, -0.2) is 4.39 Å². The van der Waals surface area contributed by atoms with Crippen molar-refractivity contribution >= 4 is 17.5 Å². The molecule has 0 radical (unpaired) electrons. The van der Waals surface area contributed by atoms with Crippen molar-refractivity contribution in [2.75, 3.05) is 11.5 Å². The fraction of sp³-hybridized carbons (Fsp3) is 0.143. The Morgan fingerprint density at radius 2 is 2.00 bits per heavy atom. The summed E-state index contributed by atoms with van der Waals surface area (Å²) in [6.07, 6.45) is 0. The van der Waals surface area contributed by atoms with Crippen molar-refractivity contribution < 1.29 is 18.8 Å². The molecule has 1 aromatic carbocycles. The first kappa shape index (κ1) is 13.9. The molecule has 0 saturated carbocycles. The molecule has 1 aliphatic heterocycles. The molecule has 0 fully saturated rings. The van der Waals surface area contributed by atoms with Crippen LogP contribution in [0, 0.1) is 15.9 Å². The molecule has 3 rings (SSSR count). The Morgan fingerprint density at radius 3 is 2.68 bits per heavy atom.